The summed E-state index contributed by atoms with van der Waals surface area (Å²) in [5.41, 5.74) is 0.942. The summed E-state index contributed by atoms with van der Waals surface area (Å²) >= 11 is 0. The van der Waals surface area contributed by atoms with Crippen LogP contribution in [0.5, 0.6) is 0 Å². The van der Waals surface area contributed by atoms with Gasteiger partial charge in [0.25, 0.3) is 0 Å². The van der Waals surface area contributed by atoms with Crippen molar-refractivity contribution in [1.29, 1.82) is 0 Å². The fourth-order valence-corrected chi connectivity index (χ4v) is 2.25. The lowest BCUT2D eigenvalue weighted by molar-refractivity contribution is 0.132. The van der Waals surface area contributed by atoms with Crippen LogP contribution in [-0.2, 0) is 4.74 Å². The average molecular weight is 246 g/mol. The molecular formula is C12H14N4O2. The quantitative estimate of drug-likeness (QED) is 0.840. The molecule has 0 spiro atoms. The first-order valence-corrected chi connectivity index (χ1v) is 5.70. The smallest absolute Gasteiger partial charge is 0.330 e. The third kappa shape index (κ3) is 1.53. The van der Waals surface area contributed by atoms with Gasteiger partial charge in [-0.05, 0) is 19.1 Å². The Balaban J connectivity index is 2.13. The highest BCUT2D eigenvalue weighted by atomic mass is 16.5. The van der Waals surface area contributed by atoms with Crippen LogP contribution < -0.4 is 10.6 Å². The number of rotatable bonds is 2. The maximum absolute atomic E-state index is 12.2. The summed E-state index contributed by atoms with van der Waals surface area (Å²) in [7, 11) is 1.59. The predicted molar refractivity (Wildman–Crippen MR) is 67.6 cm³/mol. The van der Waals surface area contributed by atoms with E-state index < -0.39 is 5.66 Å². The first kappa shape index (κ1) is 11.0. The highest BCUT2D eigenvalue weighted by Crippen LogP contribution is 2.24. The minimum atomic E-state index is -0.636. The van der Waals surface area contributed by atoms with Gasteiger partial charge in [-0.2, -0.15) is 0 Å². The Morgan fingerprint density at radius 1 is 1.39 bits per heavy atom. The van der Waals surface area contributed by atoms with Crippen LogP contribution in [0.15, 0.2) is 24.3 Å². The molecule has 1 aliphatic rings. The highest BCUT2D eigenvalue weighted by Gasteiger charge is 2.35. The van der Waals surface area contributed by atoms with Crippen molar-refractivity contribution in [3.8, 4) is 0 Å². The number of carbonyl (C=O) groups excluding carboxylic acids is 1. The third-order valence-electron chi connectivity index (χ3n) is 2.97. The number of ether oxygens (including phenoxy) is 1. The number of benzene rings is 1. The van der Waals surface area contributed by atoms with Crippen LogP contribution in [0.4, 0.5) is 10.7 Å². The zero-order chi connectivity index (χ0) is 12.8. The number of nitrogens with one attached hydrogen (secondary N) is 2. The summed E-state index contributed by atoms with van der Waals surface area (Å²) < 4.78 is 6.64. The number of imidazole rings is 1. The van der Waals surface area contributed by atoms with Gasteiger partial charge >= 0.3 is 6.03 Å². The summed E-state index contributed by atoms with van der Waals surface area (Å²) in [4.78, 5) is 16.6. The lowest BCUT2D eigenvalue weighted by Crippen LogP contribution is -2.60. The van der Waals surface area contributed by atoms with Crippen molar-refractivity contribution in [2.45, 2.75) is 12.6 Å². The molecular weight excluding hydrogens is 232 g/mol. The molecule has 1 aliphatic heterocycles. The monoisotopic (exact) mass is 246 g/mol. The molecule has 18 heavy (non-hydrogen) atoms. The van der Waals surface area contributed by atoms with Gasteiger partial charge in [-0.1, -0.05) is 12.1 Å². The second-order valence-electron chi connectivity index (χ2n) is 4.58. The van der Waals surface area contributed by atoms with E-state index in [4.69, 9.17) is 4.74 Å². The molecule has 3 rings (SSSR count). The molecule has 2 aromatic rings. The summed E-state index contributed by atoms with van der Waals surface area (Å²) in [6.45, 7) is 2.22. The lowest BCUT2D eigenvalue weighted by atomic mass is 10.2. The van der Waals surface area contributed by atoms with Gasteiger partial charge < -0.3 is 15.4 Å². The SMILES string of the molecule is COCC1(C)NC(=O)n2c(nc3ccccc32)N1. The Hall–Kier alpha value is -2.08. The van der Waals surface area contributed by atoms with E-state index >= 15 is 0 Å². The molecule has 6 nitrogen and oxygen atoms in total. The van der Waals surface area contributed by atoms with Gasteiger partial charge in [0, 0.05) is 7.11 Å². The van der Waals surface area contributed by atoms with Crippen LogP contribution in [0.3, 0.4) is 0 Å². The van der Waals surface area contributed by atoms with E-state index in [9.17, 15) is 4.79 Å². The van der Waals surface area contributed by atoms with Crippen LogP contribution >= 0.6 is 0 Å². The Bertz CT molecular complexity index is 622. The van der Waals surface area contributed by atoms with Crippen LogP contribution in [-0.4, -0.2) is 35.0 Å². The van der Waals surface area contributed by atoms with Crippen LogP contribution in [0.1, 0.15) is 6.92 Å². The second-order valence-corrected chi connectivity index (χ2v) is 4.58. The molecule has 0 fully saturated rings. The molecule has 6 heteroatoms. The maximum atomic E-state index is 12.2. The first-order chi connectivity index (χ1) is 8.63. The van der Waals surface area contributed by atoms with E-state index in [1.54, 1.807) is 7.11 Å². The van der Waals surface area contributed by atoms with Crippen LogP contribution in [0.25, 0.3) is 11.0 Å². The van der Waals surface area contributed by atoms with Crippen molar-refractivity contribution in [1.82, 2.24) is 14.9 Å². The van der Waals surface area contributed by atoms with Gasteiger partial charge in [-0.25, -0.2) is 14.3 Å². The Kier molecular flexibility index (Phi) is 2.27. The Morgan fingerprint density at radius 3 is 2.94 bits per heavy atom. The average Bonchev–Trinajstić information content (AvgIpc) is 2.66. The van der Waals surface area contributed by atoms with Gasteiger partial charge in [0.15, 0.2) is 0 Å². The molecule has 2 N–H and O–H groups in total. The molecule has 0 saturated heterocycles. The molecule has 1 amide bonds. The molecule has 1 aromatic heterocycles. The summed E-state index contributed by atoms with van der Waals surface area (Å²) in [6.07, 6.45) is 0. The van der Waals surface area contributed by atoms with Crippen molar-refractivity contribution < 1.29 is 9.53 Å². The van der Waals surface area contributed by atoms with E-state index in [-0.39, 0.29) is 6.03 Å². The number of fused-ring (bicyclic) bond motifs is 3. The van der Waals surface area contributed by atoms with Gasteiger partial charge in [0.2, 0.25) is 5.95 Å². The van der Waals surface area contributed by atoms with Crippen molar-refractivity contribution in [3.63, 3.8) is 0 Å². The van der Waals surface area contributed by atoms with Gasteiger partial charge in [-0.15, -0.1) is 0 Å². The highest BCUT2D eigenvalue weighted by molar-refractivity contribution is 5.94. The van der Waals surface area contributed by atoms with E-state index in [1.165, 1.54) is 4.57 Å². The van der Waals surface area contributed by atoms with Gasteiger partial charge in [0.05, 0.1) is 17.6 Å². The zero-order valence-corrected chi connectivity index (χ0v) is 10.2. The van der Waals surface area contributed by atoms with Crippen molar-refractivity contribution in [2.75, 3.05) is 19.0 Å². The van der Waals surface area contributed by atoms with Gasteiger partial charge in [-0.3, -0.25) is 0 Å². The number of hydrogen-bond donors (Lipinski definition) is 2. The number of hydrogen-bond acceptors (Lipinski definition) is 4. The molecule has 0 saturated carbocycles. The first-order valence-electron chi connectivity index (χ1n) is 5.70. The molecule has 0 aliphatic carbocycles. The maximum Gasteiger partial charge on any atom is 0.330 e. The van der Waals surface area contributed by atoms with Crippen molar-refractivity contribution in [2.24, 2.45) is 0 Å². The molecule has 0 radical (unpaired) electrons. The topological polar surface area (TPSA) is 68.2 Å². The summed E-state index contributed by atoms with van der Waals surface area (Å²) in [5.74, 6) is 0.541. The fourth-order valence-electron chi connectivity index (χ4n) is 2.25. The van der Waals surface area contributed by atoms with Crippen LogP contribution in [0, 0.1) is 0 Å². The molecule has 1 unspecified atom stereocenters. The van der Waals surface area contributed by atoms with E-state index in [1.807, 2.05) is 31.2 Å². The third-order valence-corrected chi connectivity index (χ3v) is 2.97. The minimum absolute atomic E-state index is 0.197. The summed E-state index contributed by atoms with van der Waals surface area (Å²) in [5, 5.41) is 6.07. The summed E-state index contributed by atoms with van der Waals surface area (Å²) in [6, 6.07) is 7.33. The predicted octanol–water partition coefficient (Wildman–Crippen LogP) is 1.38. The van der Waals surface area contributed by atoms with E-state index in [0.29, 0.717) is 12.6 Å². The molecule has 94 valence electrons. The lowest BCUT2D eigenvalue weighted by Gasteiger charge is -2.35. The standard InChI is InChI=1S/C12H14N4O2/c1-12(7-18-2)14-10-13-8-5-3-4-6-9(8)16(10)11(17)15-12/h3-6H,7H2,1-2H3,(H,13,14)(H,15,17). The Labute approximate surface area is 104 Å². The van der Waals surface area contributed by atoms with Crippen molar-refractivity contribution in [3.05, 3.63) is 24.3 Å². The molecule has 0 bridgehead atoms. The zero-order valence-electron chi connectivity index (χ0n) is 10.2. The number of methoxy groups -OCH3 is 1. The number of amides is 1. The molecule has 2 heterocycles. The number of carbonyl (C=O) groups is 1. The number of nitrogens with zero attached hydrogens (tertiary/aromatic N) is 2. The number of para-hydroxylation sites is 2. The largest absolute Gasteiger partial charge is 0.380 e. The van der Waals surface area contributed by atoms with Crippen molar-refractivity contribution >= 4 is 23.0 Å². The van der Waals surface area contributed by atoms with E-state index in [0.717, 1.165) is 11.0 Å². The van der Waals surface area contributed by atoms with Crippen LogP contribution in [0.2, 0.25) is 0 Å². The minimum Gasteiger partial charge on any atom is -0.380 e. The molecule has 1 atom stereocenters. The fraction of sp³-hybridized carbons (Fsp3) is 0.333. The van der Waals surface area contributed by atoms with Gasteiger partial charge in [0.1, 0.15) is 5.66 Å². The van der Waals surface area contributed by atoms with E-state index in [2.05, 4.69) is 15.6 Å². The second kappa shape index (κ2) is 3.71. The number of anilines is 1. The Morgan fingerprint density at radius 2 is 2.17 bits per heavy atom. The number of aromatic nitrogens is 2. The normalized spacial score (nSPS) is 22.4. The molecule has 1 aromatic carbocycles.